The van der Waals surface area contributed by atoms with Gasteiger partial charge in [-0.3, -0.25) is 0 Å². The van der Waals surface area contributed by atoms with E-state index in [1.807, 2.05) is 24.3 Å². The van der Waals surface area contributed by atoms with Crippen molar-refractivity contribution in [3.8, 4) is 11.5 Å². The van der Waals surface area contributed by atoms with E-state index >= 15 is 0 Å². The van der Waals surface area contributed by atoms with Gasteiger partial charge in [0.2, 0.25) is 5.89 Å². The summed E-state index contributed by atoms with van der Waals surface area (Å²) in [5.74, 6) is 0.656. The first-order valence-corrected chi connectivity index (χ1v) is 8.66. The number of hydrogen-bond donors (Lipinski definition) is 1. The van der Waals surface area contributed by atoms with Gasteiger partial charge in [0.1, 0.15) is 5.52 Å². The molecular formula is C23H14N2O. The molecule has 0 atom stereocenters. The highest BCUT2D eigenvalue weighted by Crippen LogP contribution is 2.37. The van der Waals surface area contributed by atoms with Crippen molar-refractivity contribution < 1.29 is 4.42 Å². The maximum absolute atomic E-state index is 6.06. The van der Waals surface area contributed by atoms with E-state index in [9.17, 15) is 0 Å². The zero-order valence-electron chi connectivity index (χ0n) is 13.9. The molecule has 0 saturated heterocycles. The van der Waals surface area contributed by atoms with Crippen molar-refractivity contribution >= 4 is 43.7 Å². The van der Waals surface area contributed by atoms with Crippen LogP contribution in [0, 0.1) is 0 Å². The molecule has 0 spiro atoms. The minimum absolute atomic E-state index is 0.656. The Balaban J connectivity index is 1.77. The first-order valence-electron chi connectivity index (χ1n) is 8.66. The normalized spacial score (nSPS) is 11.8. The van der Waals surface area contributed by atoms with E-state index in [1.54, 1.807) is 0 Å². The number of aromatic amines is 1. The SMILES string of the molecule is c1cc(-c2nc3ccccc3o2)c2c(c1)ccc1c3ccccc3[nH]c12. The molecule has 0 aliphatic heterocycles. The van der Waals surface area contributed by atoms with Crippen molar-refractivity contribution in [1.29, 1.82) is 0 Å². The molecule has 6 aromatic rings. The van der Waals surface area contributed by atoms with Crippen LogP contribution in [0.1, 0.15) is 0 Å². The van der Waals surface area contributed by atoms with Gasteiger partial charge in [-0.2, -0.15) is 0 Å². The van der Waals surface area contributed by atoms with Crippen molar-refractivity contribution in [2.24, 2.45) is 0 Å². The number of nitrogens with zero attached hydrogens (tertiary/aromatic N) is 1. The van der Waals surface area contributed by atoms with Gasteiger partial charge in [-0.25, -0.2) is 4.98 Å². The lowest BCUT2D eigenvalue weighted by Crippen LogP contribution is -1.83. The molecule has 0 saturated carbocycles. The predicted octanol–water partition coefficient (Wildman–Crippen LogP) is 6.28. The third-order valence-corrected chi connectivity index (χ3v) is 5.05. The molecular weight excluding hydrogens is 320 g/mol. The first kappa shape index (κ1) is 13.7. The summed E-state index contributed by atoms with van der Waals surface area (Å²) in [4.78, 5) is 8.31. The van der Waals surface area contributed by atoms with Crippen molar-refractivity contribution in [2.75, 3.05) is 0 Å². The number of oxazole rings is 1. The summed E-state index contributed by atoms with van der Waals surface area (Å²) in [6.45, 7) is 0. The Hall–Kier alpha value is -3.59. The quantitative estimate of drug-likeness (QED) is 0.384. The zero-order chi connectivity index (χ0) is 17.1. The summed E-state index contributed by atoms with van der Waals surface area (Å²) in [6, 6.07) is 26.9. The third kappa shape index (κ3) is 1.80. The van der Waals surface area contributed by atoms with Gasteiger partial charge in [0.05, 0.1) is 5.52 Å². The fourth-order valence-electron chi connectivity index (χ4n) is 3.86. The van der Waals surface area contributed by atoms with Crippen LogP contribution in [-0.2, 0) is 0 Å². The Labute approximate surface area is 148 Å². The van der Waals surface area contributed by atoms with Crippen LogP contribution >= 0.6 is 0 Å². The minimum atomic E-state index is 0.656. The standard InChI is InChI=1S/C23H14N2O/c1-2-9-18-15(7-1)16-13-12-14-6-5-8-17(21(14)22(16)24-18)23-25-19-10-3-4-11-20(19)26-23/h1-13,24H. The molecule has 26 heavy (non-hydrogen) atoms. The number of para-hydroxylation sites is 3. The van der Waals surface area contributed by atoms with Crippen LogP contribution in [-0.4, -0.2) is 9.97 Å². The fraction of sp³-hybridized carbons (Fsp3) is 0. The number of rotatable bonds is 1. The van der Waals surface area contributed by atoms with Gasteiger partial charge in [0.15, 0.2) is 5.58 Å². The molecule has 0 aliphatic rings. The maximum atomic E-state index is 6.06. The summed E-state index contributed by atoms with van der Waals surface area (Å²) >= 11 is 0. The molecule has 122 valence electrons. The van der Waals surface area contributed by atoms with Crippen molar-refractivity contribution in [3.63, 3.8) is 0 Å². The molecule has 4 aromatic carbocycles. The van der Waals surface area contributed by atoms with E-state index < -0.39 is 0 Å². The number of aromatic nitrogens is 2. The summed E-state index contributed by atoms with van der Waals surface area (Å²) in [5, 5.41) is 4.77. The molecule has 2 aromatic heterocycles. The van der Waals surface area contributed by atoms with E-state index in [0.29, 0.717) is 5.89 Å². The van der Waals surface area contributed by atoms with Crippen LogP contribution in [0.25, 0.3) is 55.1 Å². The highest BCUT2D eigenvalue weighted by Gasteiger charge is 2.15. The van der Waals surface area contributed by atoms with Gasteiger partial charge >= 0.3 is 0 Å². The third-order valence-electron chi connectivity index (χ3n) is 5.05. The van der Waals surface area contributed by atoms with Crippen LogP contribution in [0.2, 0.25) is 0 Å². The van der Waals surface area contributed by atoms with Gasteiger partial charge in [-0.15, -0.1) is 0 Å². The maximum Gasteiger partial charge on any atom is 0.228 e. The molecule has 0 radical (unpaired) electrons. The first-order chi connectivity index (χ1) is 12.9. The second-order valence-electron chi connectivity index (χ2n) is 6.55. The summed E-state index contributed by atoms with van der Waals surface area (Å²) in [6.07, 6.45) is 0. The van der Waals surface area contributed by atoms with E-state index in [4.69, 9.17) is 9.40 Å². The average molecular weight is 334 g/mol. The van der Waals surface area contributed by atoms with Crippen molar-refractivity contribution in [2.45, 2.75) is 0 Å². The van der Waals surface area contributed by atoms with Crippen molar-refractivity contribution in [3.05, 3.63) is 78.9 Å². The highest BCUT2D eigenvalue weighted by atomic mass is 16.3. The van der Waals surface area contributed by atoms with Crippen LogP contribution < -0.4 is 0 Å². The molecule has 3 heteroatoms. The molecule has 0 unspecified atom stereocenters. The Kier molecular flexibility index (Phi) is 2.61. The number of hydrogen-bond acceptors (Lipinski definition) is 2. The summed E-state index contributed by atoms with van der Waals surface area (Å²) in [7, 11) is 0. The second-order valence-corrected chi connectivity index (χ2v) is 6.55. The molecule has 0 fully saturated rings. The summed E-state index contributed by atoms with van der Waals surface area (Å²) in [5.41, 5.74) is 4.96. The van der Waals surface area contributed by atoms with Crippen LogP contribution in [0.5, 0.6) is 0 Å². The largest absolute Gasteiger partial charge is 0.436 e. The topological polar surface area (TPSA) is 41.8 Å². The van der Waals surface area contributed by atoms with Gasteiger partial charge in [-0.1, -0.05) is 54.6 Å². The van der Waals surface area contributed by atoms with E-state index in [1.165, 1.54) is 16.2 Å². The van der Waals surface area contributed by atoms with Gasteiger partial charge in [-0.05, 0) is 29.7 Å². The monoisotopic (exact) mass is 334 g/mol. The Morgan fingerprint density at radius 3 is 2.58 bits per heavy atom. The number of H-pyrrole nitrogens is 1. The lowest BCUT2D eigenvalue weighted by molar-refractivity contribution is 0.620. The Morgan fingerprint density at radius 1 is 0.731 bits per heavy atom. The molecule has 0 aliphatic carbocycles. The summed E-state index contributed by atoms with van der Waals surface area (Å²) < 4.78 is 6.06. The molecule has 2 heterocycles. The van der Waals surface area contributed by atoms with Gasteiger partial charge in [0, 0.05) is 27.2 Å². The predicted molar refractivity (Wildman–Crippen MR) is 106 cm³/mol. The molecule has 1 N–H and O–H groups in total. The van der Waals surface area contributed by atoms with Crippen LogP contribution in [0.3, 0.4) is 0 Å². The number of fused-ring (bicyclic) bond motifs is 6. The smallest absolute Gasteiger partial charge is 0.228 e. The average Bonchev–Trinajstić information content (AvgIpc) is 3.28. The Bertz CT molecular complexity index is 1410. The van der Waals surface area contributed by atoms with Gasteiger partial charge < -0.3 is 9.40 Å². The van der Waals surface area contributed by atoms with E-state index in [0.717, 1.165) is 33.1 Å². The second kappa shape index (κ2) is 4.96. The molecule has 0 bridgehead atoms. The highest BCUT2D eigenvalue weighted by molar-refractivity contribution is 6.20. The minimum Gasteiger partial charge on any atom is -0.436 e. The van der Waals surface area contributed by atoms with Gasteiger partial charge in [0.25, 0.3) is 0 Å². The number of benzene rings is 4. The molecule has 3 nitrogen and oxygen atoms in total. The zero-order valence-corrected chi connectivity index (χ0v) is 13.9. The fourth-order valence-corrected chi connectivity index (χ4v) is 3.86. The van der Waals surface area contributed by atoms with Crippen LogP contribution in [0.15, 0.2) is 83.3 Å². The Morgan fingerprint density at radius 2 is 1.62 bits per heavy atom. The van der Waals surface area contributed by atoms with E-state index in [-0.39, 0.29) is 0 Å². The molecule has 6 rings (SSSR count). The lowest BCUT2D eigenvalue weighted by atomic mass is 10.0. The molecule has 0 amide bonds. The van der Waals surface area contributed by atoms with Crippen molar-refractivity contribution in [1.82, 2.24) is 9.97 Å². The van der Waals surface area contributed by atoms with E-state index in [2.05, 4.69) is 59.6 Å². The lowest BCUT2D eigenvalue weighted by Gasteiger charge is -2.05. The number of nitrogens with one attached hydrogen (secondary N) is 1. The van der Waals surface area contributed by atoms with Crippen LogP contribution in [0.4, 0.5) is 0 Å².